The second-order valence-corrected chi connectivity index (χ2v) is 6.75. The molecule has 6 nitrogen and oxygen atoms in total. The normalized spacial score (nSPS) is 17.8. The van der Waals surface area contributed by atoms with Crippen molar-refractivity contribution in [2.24, 2.45) is 0 Å². The standard InChI is InChI=1S/C19H21N3O3/c1-14-20-7-10-22(14)19(18(23)24)5-8-21(9-6-19)13-15-2-3-17-16(12-15)4-11-25-17/h2-4,7,10-12H,5-6,8-9,13H2,1H3,(H,23,24). The number of carboxylic acids is 1. The van der Waals surface area contributed by atoms with Crippen LogP contribution in [0.1, 0.15) is 24.2 Å². The molecule has 1 aliphatic heterocycles. The fraction of sp³-hybridized carbons (Fsp3) is 0.368. The van der Waals surface area contributed by atoms with Crippen LogP contribution in [-0.4, -0.2) is 38.6 Å². The van der Waals surface area contributed by atoms with E-state index in [4.69, 9.17) is 4.42 Å². The molecule has 6 heteroatoms. The molecule has 3 aromatic rings. The predicted molar refractivity (Wildman–Crippen MR) is 93.3 cm³/mol. The number of fused-ring (bicyclic) bond motifs is 1. The second-order valence-electron chi connectivity index (χ2n) is 6.75. The van der Waals surface area contributed by atoms with Crippen LogP contribution in [0, 0.1) is 6.92 Å². The summed E-state index contributed by atoms with van der Waals surface area (Å²) in [6.07, 6.45) is 6.31. The van der Waals surface area contributed by atoms with Crippen molar-refractivity contribution < 1.29 is 14.3 Å². The molecule has 0 saturated carbocycles. The van der Waals surface area contributed by atoms with Gasteiger partial charge in [-0.05, 0) is 43.5 Å². The maximum Gasteiger partial charge on any atom is 0.330 e. The molecule has 130 valence electrons. The smallest absolute Gasteiger partial charge is 0.330 e. The van der Waals surface area contributed by atoms with Crippen molar-refractivity contribution >= 4 is 16.9 Å². The lowest BCUT2D eigenvalue weighted by molar-refractivity contribution is -0.150. The van der Waals surface area contributed by atoms with Crippen LogP contribution in [0.2, 0.25) is 0 Å². The number of aromatic nitrogens is 2. The Hall–Kier alpha value is -2.60. The van der Waals surface area contributed by atoms with Gasteiger partial charge >= 0.3 is 5.97 Å². The number of aliphatic carboxylic acids is 1. The van der Waals surface area contributed by atoms with Gasteiger partial charge in [0, 0.05) is 37.4 Å². The minimum Gasteiger partial charge on any atom is -0.479 e. The molecule has 0 bridgehead atoms. The molecule has 25 heavy (non-hydrogen) atoms. The van der Waals surface area contributed by atoms with Crippen molar-refractivity contribution in [1.82, 2.24) is 14.5 Å². The van der Waals surface area contributed by atoms with Gasteiger partial charge in [-0.3, -0.25) is 4.90 Å². The van der Waals surface area contributed by atoms with E-state index in [9.17, 15) is 9.90 Å². The number of hydrogen-bond acceptors (Lipinski definition) is 4. The SMILES string of the molecule is Cc1nccn1C1(C(=O)O)CCN(Cc2ccc3occc3c2)CC1. The number of carboxylic acid groups (broad SMARTS) is 1. The van der Waals surface area contributed by atoms with Gasteiger partial charge in [-0.15, -0.1) is 0 Å². The van der Waals surface area contributed by atoms with Crippen molar-refractivity contribution in [3.8, 4) is 0 Å². The lowest BCUT2D eigenvalue weighted by Gasteiger charge is -2.40. The molecule has 1 aliphatic rings. The molecule has 4 rings (SSSR count). The number of aryl methyl sites for hydroxylation is 1. The Morgan fingerprint density at radius 2 is 2.12 bits per heavy atom. The Morgan fingerprint density at radius 1 is 1.32 bits per heavy atom. The van der Waals surface area contributed by atoms with Crippen LogP contribution in [0.3, 0.4) is 0 Å². The summed E-state index contributed by atoms with van der Waals surface area (Å²) in [5, 5.41) is 11.0. The molecule has 0 amide bonds. The summed E-state index contributed by atoms with van der Waals surface area (Å²) in [6, 6.07) is 8.17. The monoisotopic (exact) mass is 339 g/mol. The lowest BCUT2D eigenvalue weighted by Crippen LogP contribution is -2.51. The first kappa shape index (κ1) is 15.9. The van der Waals surface area contributed by atoms with Crippen molar-refractivity contribution in [2.75, 3.05) is 13.1 Å². The van der Waals surface area contributed by atoms with Gasteiger partial charge in [-0.1, -0.05) is 6.07 Å². The molecule has 0 unspecified atom stereocenters. The van der Waals surface area contributed by atoms with Crippen LogP contribution in [0.15, 0.2) is 47.3 Å². The van der Waals surface area contributed by atoms with Crippen molar-refractivity contribution in [1.29, 1.82) is 0 Å². The molecule has 0 atom stereocenters. The van der Waals surface area contributed by atoms with Crippen LogP contribution in [-0.2, 0) is 16.9 Å². The van der Waals surface area contributed by atoms with E-state index in [0.29, 0.717) is 12.8 Å². The molecule has 0 spiro atoms. The van der Waals surface area contributed by atoms with Gasteiger partial charge in [0.1, 0.15) is 16.9 Å². The third-order valence-electron chi connectivity index (χ3n) is 5.29. The van der Waals surface area contributed by atoms with Gasteiger partial charge < -0.3 is 14.1 Å². The number of carbonyl (C=O) groups is 1. The minimum atomic E-state index is -0.883. The average Bonchev–Trinajstić information content (AvgIpc) is 3.24. The van der Waals surface area contributed by atoms with Crippen LogP contribution in [0.5, 0.6) is 0 Å². The maximum atomic E-state index is 12.0. The maximum absolute atomic E-state index is 12.0. The third-order valence-corrected chi connectivity index (χ3v) is 5.29. The Morgan fingerprint density at radius 3 is 2.80 bits per heavy atom. The number of nitrogens with zero attached hydrogens (tertiary/aromatic N) is 3. The summed E-state index contributed by atoms with van der Waals surface area (Å²) in [5.41, 5.74) is 1.23. The summed E-state index contributed by atoms with van der Waals surface area (Å²) in [4.78, 5) is 18.6. The summed E-state index contributed by atoms with van der Waals surface area (Å²) in [5.74, 6) is -0.0191. The molecule has 0 aliphatic carbocycles. The topological polar surface area (TPSA) is 71.5 Å². The second kappa shape index (κ2) is 6.04. The fourth-order valence-electron chi connectivity index (χ4n) is 3.84. The molecule has 3 heterocycles. The first-order chi connectivity index (χ1) is 12.1. The van der Waals surface area contributed by atoms with Gasteiger partial charge in [0.15, 0.2) is 0 Å². The van der Waals surface area contributed by atoms with Crippen LogP contribution >= 0.6 is 0 Å². The van der Waals surface area contributed by atoms with Crippen LogP contribution in [0.25, 0.3) is 11.0 Å². The number of rotatable bonds is 4. The number of hydrogen-bond donors (Lipinski definition) is 1. The quantitative estimate of drug-likeness (QED) is 0.791. The number of likely N-dealkylation sites (tertiary alicyclic amines) is 1. The van der Waals surface area contributed by atoms with E-state index in [1.807, 2.05) is 23.6 Å². The highest BCUT2D eigenvalue weighted by atomic mass is 16.4. The van der Waals surface area contributed by atoms with Crippen LogP contribution in [0.4, 0.5) is 0 Å². The van der Waals surface area contributed by atoms with Crippen molar-refractivity contribution in [2.45, 2.75) is 31.8 Å². The largest absolute Gasteiger partial charge is 0.479 e. The molecule has 0 radical (unpaired) electrons. The number of imidazole rings is 1. The summed E-state index contributed by atoms with van der Waals surface area (Å²) >= 11 is 0. The summed E-state index contributed by atoms with van der Waals surface area (Å²) in [7, 11) is 0. The number of piperidine rings is 1. The highest BCUT2D eigenvalue weighted by Gasteiger charge is 2.43. The van der Waals surface area contributed by atoms with E-state index < -0.39 is 11.5 Å². The number of benzene rings is 1. The van der Waals surface area contributed by atoms with Crippen molar-refractivity contribution in [3.63, 3.8) is 0 Å². The Labute approximate surface area is 145 Å². The van der Waals surface area contributed by atoms with E-state index in [-0.39, 0.29) is 0 Å². The van der Waals surface area contributed by atoms with Gasteiger partial charge in [0.05, 0.1) is 6.26 Å². The Balaban J connectivity index is 1.50. The predicted octanol–water partition coefficient (Wildman–Crippen LogP) is 3.01. The zero-order valence-electron chi connectivity index (χ0n) is 14.2. The van der Waals surface area contributed by atoms with Crippen LogP contribution < -0.4 is 0 Å². The fourth-order valence-corrected chi connectivity index (χ4v) is 3.84. The van der Waals surface area contributed by atoms with E-state index in [1.165, 1.54) is 5.56 Å². The van der Waals surface area contributed by atoms with Gasteiger partial charge in [-0.25, -0.2) is 9.78 Å². The minimum absolute atomic E-state index is 0.577. The van der Waals surface area contributed by atoms with E-state index in [0.717, 1.165) is 36.4 Å². The van der Waals surface area contributed by atoms with E-state index in [2.05, 4.69) is 22.0 Å². The first-order valence-electron chi connectivity index (χ1n) is 8.51. The molecular formula is C19H21N3O3. The average molecular weight is 339 g/mol. The molecule has 1 N–H and O–H groups in total. The number of furan rings is 1. The van der Waals surface area contributed by atoms with Gasteiger partial charge in [0.2, 0.25) is 0 Å². The third kappa shape index (κ3) is 2.72. The molecular weight excluding hydrogens is 318 g/mol. The summed E-state index contributed by atoms with van der Waals surface area (Å²) < 4.78 is 7.21. The lowest BCUT2D eigenvalue weighted by atomic mass is 9.86. The Bertz CT molecular complexity index is 903. The molecule has 2 aromatic heterocycles. The molecule has 1 fully saturated rings. The summed E-state index contributed by atoms with van der Waals surface area (Å²) in [6.45, 7) is 4.16. The molecule has 1 aromatic carbocycles. The highest BCUT2D eigenvalue weighted by Crippen LogP contribution is 2.32. The Kier molecular flexibility index (Phi) is 3.84. The highest BCUT2D eigenvalue weighted by molar-refractivity contribution is 5.78. The van der Waals surface area contributed by atoms with Gasteiger partial charge in [-0.2, -0.15) is 0 Å². The van der Waals surface area contributed by atoms with Crippen molar-refractivity contribution in [3.05, 3.63) is 54.3 Å². The van der Waals surface area contributed by atoms with E-state index >= 15 is 0 Å². The first-order valence-corrected chi connectivity index (χ1v) is 8.51. The zero-order valence-corrected chi connectivity index (χ0v) is 14.2. The van der Waals surface area contributed by atoms with Gasteiger partial charge in [0.25, 0.3) is 0 Å². The zero-order chi connectivity index (χ0) is 17.4. The molecule has 1 saturated heterocycles. The van der Waals surface area contributed by atoms with E-state index in [1.54, 1.807) is 18.7 Å².